The molecule has 0 bridgehead atoms. The van der Waals surface area contributed by atoms with Gasteiger partial charge in [0.25, 0.3) is 5.91 Å². The zero-order valence-corrected chi connectivity index (χ0v) is 19.6. The zero-order valence-electron chi connectivity index (χ0n) is 18.9. The topological polar surface area (TPSA) is 65.8 Å². The molecule has 0 radical (unpaired) electrons. The third kappa shape index (κ3) is 4.28. The molecule has 184 valence electrons. The smallest absolute Gasteiger partial charge is 0.420 e. The summed E-state index contributed by atoms with van der Waals surface area (Å²) in [6.45, 7) is 4.84. The molecular formula is C24H27ClF3N3O3. The van der Waals surface area contributed by atoms with Crippen LogP contribution in [0, 0.1) is 5.92 Å². The van der Waals surface area contributed by atoms with E-state index in [9.17, 15) is 22.8 Å². The first kappa shape index (κ1) is 23.5. The van der Waals surface area contributed by atoms with Crippen molar-refractivity contribution in [3.63, 3.8) is 0 Å². The summed E-state index contributed by atoms with van der Waals surface area (Å²) >= 11 is 6.41. The second-order valence-corrected chi connectivity index (χ2v) is 9.99. The predicted octanol–water partition coefficient (Wildman–Crippen LogP) is 4.65. The number of benzene rings is 1. The van der Waals surface area contributed by atoms with Crippen LogP contribution in [0.5, 0.6) is 0 Å². The van der Waals surface area contributed by atoms with Crippen molar-refractivity contribution in [1.82, 2.24) is 15.1 Å². The summed E-state index contributed by atoms with van der Waals surface area (Å²) in [5.74, 6) is -0.788. The van der Waals surface area contributed by atoms with Crippen LogP contribution in [-0.2, 0) is 11.0 Å². The Hall–Kier alpha value is -2.26. The van der Waals surface area contributed by atoms with Crippen molar-refractivity contribution >= 4 is 34.4 Å². The third-order valence-corrected chi connectivity index (χ3v) is 7.59. The molecule has 2 aromatic rings. The van der Waals surface area contributed by atoms with Crippen molar-refractivity contribution in [2.75, 3.05) is 32.7 Å². The van der Waals surface area contributed by atoms with Crippen molar-refractivity contribution in [3.8, 4) is 0 Å². The fourth-order valence-electron chi connectivity index (χ4n) is 5.07. The number of furan rings is 1. The van der Waals surface area contributed by atoms with Crippen LogP contribution >= 0.6 is 11.6 Å². The Bertz CT molecular complexity index is 1120. The zero-order chi connectivity index (χ0) is 24.2. The number of fused-ring (bicyclic) bond motifs is 1. The van der Waals surface area contributed by atoms with Gasteiger partial charge < -0.3 is 19.5 Å². The number of likely N-dealkylation sites (tertiary alicyclic amines) is 1. The van der Waals surface area contributed by atoms with Gasteiger partial charge in [-0.2, -0.15) is 13.2 Å². The van der Waals surface area contributed by atoms with Crippen molar-refractivity contribution in [1.29, 1.82) is 0 Å². The number of rotatable bonds is 3. The lowest BCUT2D eigenvalue weighted by Gasteiger charge is -2.38. The number of alkyl halides is 3. The molecule has 5 rings (SSSR count). The van der Waals surface area contributed by atoms with E-state index < -0.39 is 23.2 Å². The minimum Gasteiger partial charge on any atom is -0.449 e. The molecule has 2 saturated heterocycles. The largest absolute Gasteiger partial charge is 0.449 e. The van der Waals surface area contributed by atoms with Gasteiger partial charge in [-0.25, -0.2) is 0 Å². The number of piperidine rings is 1. The Kier molecular flexibility index (Phi) is 6.04. The Morgan fingerprint density at radius 2 is 1.82 bits per heavy atom. The molecule has 34 heavy (non-hydrogen) atoms. The molecule has 0 spiro atoms. The predicted molar refractivity (Wildman–Crippen MR) is 121 cm³/mol. The fourth-order valence-corrected chi connectivity index (χ4v) is 5.33. The molecule has 3 aliphatic rings. The van der Waals surface area contributed by atoms with Gasteiger partial charge in [-0.15, -0.1) is 0 Å². The monoisotopic (exact) mass is 497 g/mol. The maximum absolute atomic E-state index is 13.7. The van der Waals surface area contributed by atoms with E-state index in [-0.39, 0.29) is 40.0 Å². The standard InChI is InChI=1S/C24H27ClF3N3O3/c1-13-12-29-6-9-31(13)22(32)15-4-7-30(8-5-15)23(33)21-19(25)17-10-16(14-2-3-14)11-18(20(17)34-21)24(26,27)28/h10-11,13-15,29H,2-9,12H2,1H3. The summed E-state index contributed by atoms with van der Waals surface area (Å²) in [7, 11) is 0. The number of nitrogens with one attached hydrogen (secondary N) is 1. The van der Waals surface area contributed by atoms with Crippen LogP contribution in [0.25, 0.3) is 11.0 Å². The summed E-state index contributed by atoms with van der Waals surface area (Å²) in [6.07, 6.45) is -1.95. The van der Waals surface area contributed by atoms with Crippen molar-refractivity contribution in [3.05, 3.63) is 34.0 Å². The average Bonchev–Trinajstić information content (AvgIpc) is 3.61. The molecule has 3 fully saturated rings. The molecule has 3 heterocycles. The number of carbonyl (C=O) groups is 2. The number of piperazine rings is 1. The third-order valence-electron chi connectivity index (χ3n) is 7.22. The lowest BCUT2D eigenvalue weighted by Crippen LogP contribution is -2.55. The summed E-state index contributed by atoms with van der Waals surface area (Å²) in [4.78, 5) is 29.5. The molecule has 1 atom stereocenters. The van der Waals surface area contributed by atoms with E-state index in [1.807, 2.05) is 11.8 Å². The first-order valence-corrected chi connectivity index (χ1v) is 12.2. The maximum atomic E-state index is 13.7. The quantitative estimate of drug-likeness (QED) is 0.670. The van der Waals surface area contributed by atoms with Crippen LogP contribution in [-0.4, -0.2) is 60.4 Å². The van der Waals surface area contributed by atoms with Crippen LogP contribution < -0.4 is 5.32 Å². The SMILES string of the molecule is CC1CNCCN1C(=O)C1CCN(C(=O)c2oc3c(C(F)(F)F)cc(C4CC4)cc3c2Cl)CC1. The minimum atomic E-state index is -4.62. The summed E-state index contributed by atoms with van der Waals surface area (Å²) in [6, 6.07) is 2.85. The van der Waals surface area contributed by atoms with Gasteiger partial charge in [-0.3, -0.25) is 9.59 Å². The summed E-state index contributed by atoms with van der Waals surface area (Å²) in [5.41, 5.74) is -0.728. The number of hydrogen-bond donors (Lipinski definition) is 1. The molecule has 6 nitrogen and oxygen atoms in total. The molecule has 2 aliphatic heterocycles. The fraction of sp³-hybridized carbons (Fsp3) is 0.583. The molecule has 2 amide bonds. The van der Waals surface area contributed by atoms with Gasteiger partial charge in [0, 0.05) is 50.1 Å². The molecule has 1 aromatic carbocycles. The van der Waals surface area contributed by atoms with E-state index in [1.165, 1.54) is 4.90 Å². The van der Waals surface area contributed by atoms with Gasteiger partial charge >= 0.3 is 6.18 Å². The van der Waals surface area contributed by atoms with Gasteiger partial charge in [0.15, 0.2) is 0 Å². The number of halogens is 4. The van der Waals surface area contributed by atoms with Gasteiger partial charge in [0.2, 0.25) is 11.7 Å². The van der Waals surface area contributed by atoms with Crippen molar-refractivity contribution in [2.45, 2.75) is 50.7 Å². The van der Waals surface area contributed by atoms with Crippen molar-refractivity contribution < 1.29 is 27.2 Å². The van der Waals surface area contributed by atoms with E-state index in [0.29, 0.717) is 38.0 Å². The van der Waals surface area contributed by atoms with E-state index in [1.54, 1.807) is 6.07 Å². The molecule has 1 saturated carbocycles. The number of amides is 2. The van der Waals surface area contributed by atoms with E-state index in [2.05, 4.69) is 5.32 Å². The van der Waals surface area contributed by atoms with E-state index in [4.69, 9.17) is 16.0 Å². The van der Waals surface area contributed by atoms with Crippen LogP contribution in [0.15, 0.2) is 16.5 Å². The summed E-state index contributed by atoms with van der Waals surface area (Å²) < 4.78 is 46.7. The maximum Gasteiger partial charge on any atom is 0.420 e. The lowest BCUT2D eigenvalue weighted by atomic mass is 9.94. The first-order chi connectivity index (χ1) is 16.1. The normalized spacial score (nSPS) is 22.4. The molecule has 1 N–H and O–H groups in total. The van der Waals surface area contributed by atoms with Crippen LogP contribution in [0.1, 0.15) is 60.2 Å². The molecule has 1 unspecified atom stereocenters. The second kappa shape index (κ2) is 8.75. The Labute approximate surface area is 200 Å². The van der Waals surface area contributed by atoms with Crippen LogP contribution in [0.4, 0.5) is 13.2 Å². The second-order valence-electron chi connectivity index (χ2n) is 9.61. The van der Waals surface area contributed by atoms with Gasteiger partial charge in [0.05, 0.1) is 10.6 Å². The highest BCUT2D eigenvalue weighted by Crippen LogP contribution is 2.47. The van der Waals surface area contributed by atoms with Crippen LogP contribution in [0.3, 0.4) is 0 Å². The Morgan fingerprint density at radius 1 is 1.12 bits per heavy atom. The van der Waals surface area contributed by atoms with Gasteiger partial charge in [-0.1, -0.05) is 11.6 Å². The van der Waals surface area contributed by atoms with Crippen molar-refractivity contribution in [2.24, 2.45) is 5.92 Å². The van der Waals surface area contributed by atoms with Crippen LogP contribution in [0.2, 0.25) is 5.02 Å². The van der Waals surface area contributed by atoms with Gasteiger partial charge in [0.1, 0.15) is 5.58 Å². The number of carbonyl (C=O) groups excluding carboxylic acids is 2. The van der Waals surface area contributed by atoms with Gasteiger partial charge in [-0.05, 0) is 56.2 Å². The molecule has 1 aromatic heterocycles. The van der Waals surface area contributed by atoms with E-state index in [0.717, 1.165) is 32.0 Å². The first-order valence-electron chi connectivity index (χ1n) is 11.8. The highest BCUT2D eigenvalue weighted by Gasteiger charge is 2.39. The average molecular weight is 498 g/mol. The molecule has 1 aliphatic carbocycles. The van der Waals surface area contributed by atoms with E-state index >= 15 is 0 Å². The molecular weight excluding hydrogens is 471 g/mol. The molecule has 10 heteroatoms. The number of hydrogen-bond acceptors (Lipinski definition) is 4. The number of nitrogens with zero attached hydrogens (tertiary/aromatic N) is 2. The Balaban J connectivity index is 1.35. The summed E-state index contributed by atoms with van der Waals surface area (Å²) in [5, 5.41) is 3.31. The lowest BCUT2D eigenvalue weighted by molar-refractivity contribution is -0.139. The highest BCUT2D eigenvalue weighted by atomic mass is 35.5. The minimum absolute atomic E-state index is 0.0826. The Morgan fingerprint density at radius 3 is 2.44 bits per heavy atom. The highest BCUT2D eigenvalue weighted by molar-refractivity contribution is 6.38.